The molecular formula is C17H28N. The highest BCUT2D eigenvalue weighted by Gasteiger charge is 2.04. The molecule has 1 nitrogen and oxygen atoms in total. The predicted octanol–water partition coefficient (Wildman–Crippen LogP) is 5.08. The van der Waals surface area contributed by atoms with Crippen LogP contribution in [-0.4, -0.2) is 13.1 Å². The van der Waals surface area contributed by atoms with Crippen LogP contribution in [0.1, 0.15) is 51.9 Å². The minimum absolute atomic E-state index is 1.07. The molecule has 0 aliphatic heterocycles. The van der Waals surface area contributed by atoms with Gasteiger partial charge in [0.15, 0.2) is 0 Å². The Labute approximate surface area is 113 Å². The van der Waals surface area contributed by atoms with E-state index in [0.29, 0.717) is 0 Å². The van der Waals surface area contributed by atoms with Crippen molar-refractivity contribution < 1.29 is 0 Å². The maximum Gasteiger partial charge on any atom is 0.0366 e. The zero-order valence-corrected chi connectivity index (χ0v) is 11.9. The predicted molar refractivity (Wildman–Crippen MR) is 82.0 cm³/mol. The highest BCUT2D eigenvalue weighted by atomic mass is 15.1. The fourth-order valence-electron chi connectivity index (χ4n) is 2.22. The van der Waals surface area contributed by atoms with Crippen LogP contribution in [0.3, 0.4) is 0 Å². The summed E-state index contributed by atoms with van der Waals surface area (Å²) in [6.07, 6.45) is 8.86. The number of para-hydroxylation sites is 1. The van der Waals surface area contributed by atoms with Gasteiger partial charge in [-0.15, -0.1) is 0 Å². The molecule has 0 fully saturated rings. The van der Waals surface area contributed by atoms with E-state index in [1.165, 1.54) is 57.3 Å². The average Bonchev–Trinajstić information content (AvgIpc) is 2.42. The number of nitrogens with zero attached hydrogens (tertiary/aromatic N) is 1. The number of anilines is 1. The molecule has 101 valence electrons. The average molecular weight is 246 g/mol. The Morgan fingerprint density at radius 2 is 1.56 bits per heavy atom. The van der Waals surface area contributed by atoms with Crippen molar-refractivity contribution in [3.63, 3.8) is 0 Å². The lowest BCUT2D eigenvalue weighted by Gasteiger charge is -2.25. The van der Waals surface area contributed by atoms with Crippen LogP contribution >= 0.6 is 0 Å². The van der Waals surface area contributed by atoms with Gasteiger partial charge in [-0.3, -0.25) is 0 Å². The topological polar surface area (TPSA) is 3.24 Å². The van der Waals surface area contributed by atoms with Gasteiger partial charge in [-0.2, -0.15) is 0 Å². The molecule has 0 atom stereocenters. The van der Waals surface area contributed by atoms with E-state index in [1.54, 1.807) is 0 Å². The summed E-state index contributed by atoms with van der Waals surface area (Å²) >= 11 is 0. The molecule has 0 spiro atoms. The van der Waals surface area contributed by atoms with Gasteiger partial charge in [0.05, 0.1) is 0 Å². The molecule has 0 saturated heterocycles. The van der Waals surface area contributed by atoms with E-state index in [9.17, 15) is 0 Å². The number of hydrogen-bond acceptors (Lipinski definition) is 1. The van der Waals surface area contributed by atoms with E-state index in [0.717, 1.165) is 6.42 Å². The first-order chi connectivity index (χ1) is 8.88. The van der Waals surface area contributed by atoms with Gasteiger partial charge in [0.1, 0.15) is 0 Å². The summed E-state index contributed by atoms with van der Waals surface area (Å²) in [5.41, 5.74) is 1.38. The van der Waals surface area contributed by atoms with Crippen LogP contribution in [0.25, 0.3) is 0 Å². The Morgan fingerprint density at radius 3 is 2.17 bits per heavy atom. The molecule has 0 bridgehead atoms. The number of benzene rings is 1. The highest BCUT2D eigenvalue weighted by Crippen LogP contribution is 2.15. The van der Waals surface area contributed by atoms with E-state index in [4.69, 9.17) is 0 Å². The van der Waals surface area contributed by atoms with Gasteiger partial charge in [0.2, 0.25) is 0 Å². The maximum absolute atomic E-state index is 3.91. The van der Waals surface area contributed by atoms with E-state index in [2.05, 4.69) is 49.1 Å². The summed E-state index contributed by atoms with van der Waals surface area (Å²) in [4.78, 5) is 2.54. The Bertz CT molecular complexity index is 281. The Balaban J connectivity index is 2.42. The zero-order chi connectivity index (χ0) is 13.1. The van der Waals surface area contributed by atoms with Crippen LogP contribution in [0.15, 0.2) is 30.3 Å². The highest BCUT2D eigenvalue weighted by molar-refractivity contribution is 5.45. The summed E-state index contributed by atoms with van der Waals surface area (Å²) in [5, 5.41) is 0. The van der Waals surface area contributed by atoms with Crippen LogP contribution in [-0.2, 0) is 0 Å². The lowest BCUT2D eigenvalue weighted by atomic mass is 10.1. The first kappa shape index (κ1) is 15.1. The van der Waals surface area contributed by atoms with Crippen LogP contribution in [0.5, 0.6) is 0 Å². The van der Waals surface area contributed by atoms with E-state index in [1.807, 2.05) is 0 Å². The molecule has 1 aromatic rings. The van der Waals surface area contributed by atoms with Crippen molar-refractivity contribution in [1.82, 2.24) is 0 Å². The minimum atomic E-state index is 1.07. The first-order valence-corrected chi connectivity index (χ1v) is 7.47. The minimum Gasteiger partial charge on any atom is -0.372 e. The lowest BCUT2D eigenvalue weighted by Crippen LogP contribution is -2.25. The molecule has 0 unspecified atom stereocenters. The van der Waals surface area contributed by atoms with Crippen LogP contribution in [0.2, 0.25) is 0 Å². The van der Waals surface area contributed by atoms with Crippen molar-refractivity contribution >= 4 is 5.69 Å². The number of rotatable bonds is 10. The van der Waals surface area contributed by atoms with Crippen molar-refractivity contribution in [3.05, 3.63) is 37.3 Å². The van der Waals surface area contributed by atoms with Crippen molar-refractivity contribution in [3.8, 4) is 0 Å². The smallest absolute Gasteiger partial charge is 0.0366 e. The summed E-state index contributed by atoms with van der Waals surface area (Å²) < 4.78 is 0. The molecule has 0 aliphatic carbocycles. The summed E-state index contributed by atoms with van der Waals surface area (Å²) in [7, 11) is 0. The second kappa shape index (κ2) is 9.99. The van der Waals surface area contributed by atoms with E-state index >= 15 is 0 Å². The number of unbranched alkanes of at least 4 members (excludes halogenated alkanes) is 5. The molecule has 18 heavy (non-hydrogen) atoms. The van der Waals surface area contributed by atoms with Gasteiger partial charge in [0, 0.05) is 18.8 Å². The molecule has 0 N–H and O–H groups in total. The molecule has 1 rings (SSSR count). The molecule has 0 saturated carbocycles. The van der Waals surface area contributed by atoms with Gasteiger partial charge >= 0.3 is 0 Å². The largest absolute Gasteiger partial charge is 0.372 e. The molecule has 0 heterocycles. The van der Waals surface area contributed by atoms with E-state index in [-0.39, 0.29) is 0 Å². The third kappa shape index (κ3) is 6.09. The van der Waals surface area contributed by atoms with Crippen molar-refractivity contribution in [1.29, 1.82) is 0 Å². The molecule has 0 aliphatic rings. The fourth-order valence-corrected chi connectivity index (χ4v) is 2.22. The second-order valence-electron chi connectivity index (χ2n) is 4.94. The second-order valence-corrected chi connectivity index (χ2v) is 4.94. The lowest BCUT2D eigenvalue weighted by molar-refractivity contribution is 0.627. The number of hydrogen-bond donors (Lipinski definition) is 0. The summed E-state index contributed by atoms with van der Waals surface area (Å²) in [6, 6.07) is 10.8. The van der Waals surface area contributed by atoms with Gasteiger partial charge < -0.3 is 4.90 Å². The molecule has 1 radical (unpaired) electrons. The third-order valence-corrected chi connectivity index (χ3v) is 3.33. The van der Waals surface area contributed by atoms with Gasteiger partial charge in [-0.25, -0.2) is 0 Å². The van der Waals surface area contributed by atoms with Crippen molar-refractivity contribution in [2.24, 2.45) is 0 Å². The molecule has 0 aromatic heterocycles. The molecule has 0 amide bonds. The van der Waals surface area contributed by atoms with Crippen LogP contribution in [0, 0.1) is 6.92 Å². The molecule has 1 heteroatoms. The SMILES string of the molecule is [CH2]CCCCCN(CCCCC)c1ccccc1. The molecule has 1 aromatic carbocycles. The maximum atomic E-state index is 3.91. The summed E-state index contributed by atoms with van der Waals surface area (Å²) in [6.45, 7) is 8.56. The van der Waals surface area contributed by atoms with E-state index < -0.39 is 0 Å². The Kier molecular flexibility index (Phi) is 8.37. The fraction of sp³-hybridized carbons (Fsp3) is 0.588. The van der Waals surface area contributed by atoms with Gasteiger partial charge in [-0.1, -0.05) is 64.2 Å². The third-order valence-electron chi connectivity index (χ3n) is 3.33. The normalized spacial score (nSPS) is 10.6. The standard InChI is InChI=1S/C17H28N/c1-3-5-7-12-16-18(15-11-6-4-2)17-13-9-8-10-14-17/h8-10,13-14H,1,3-7,11-12,15-16H2,2H3. The van der Waals surface area contributed by atoms with Gasteiger partial charge in [-0.05, 0) is 25.0 Å². The zero-order valence-electron chi connectivity index (χ0n) is 11.9. The Hall–Kier alpha value is -0.980. The van der Waals surface area contributed by atoms with Crippen molar-refractivity contribution in [2.75, 3.05) is 18.0 Å². The van der Waals surface area contributed by atoms with Crippen LogP contribution < -0.4 is 4.90 Å². The summed E-state index contributed by atoms with van der Waals surface area (Å²) in [5.74, 6) is 0. The first-order valence-electron chi connectivity index (χ1n) is 7.47. The quantitative estimate of drug-likeness (QED) is 0.520. The van der Waals surface area contributed by atoms with Gasteiger partial charge in [0.25, 0.3) is 0 Å². The van der Waals surface area contributed by atoms with Crippen molar-refractivity contribution in [2.45, 2.75) is 51.9 Å². The Morgan fingerprint density at radius 1 is 0.889 bits per heavy atom. The monoisotopic (exact) mass is 246 g/mol. The van der Waals surface area contributed by atoms with Crippen LogP contribution in [0.4, 0.5) is 5.69 Å². The molecular weight excluding hydrogens is 218 g/mol.